The molecule has 2 saturated heterocycles. The highest BCUT2D eigenvalue weighted by Gasteiger charge is 2.29. The summed E-state index contributed by atoms with van der Waals surface area (Å²) < 4.78 is 11.1. The van der Waals surface area contributed by atoms with Gasteiger partial charge in [0.15, 0.2) is 0 Å². The molecule has 2 amide bonds. The Balaban J connectivity index is 1.52. The monoisotopic (exact) mass is 459 g/mol. The zero-order valence-electron chi connectivity index (χ0n) is 20.8. The van der Waals surface area contributed by atoms with Crippen LogP contribution in [0.25, 0.3) is 0 Å². The molecule has 0 radical (unpaired) electrons. The van der Waals surface area contributed by atoms with Crippen molar-refractivity contribution in [2.45, 2.75) is 70.9 Å². The zero-order chi connectivity index (χ0) is 23.8. The van der Waals surface area contributed by atoms with Crippen LogP contribution < -0.4 is 10.1 Å². The molecule has 1 N–H and O–H groups in total. The first-order valence-corrected chi connectivity index (χ1v) is 12.4. The molecule has 3 rings (SSSR count). The normalized spacial score (nSPS) is 19.1. The Labute approximate surface area is 198 Å². The highest BCUT2D eigenvalue weighted by Crippen LogP contribution is 2.31. The fourth-order valence-corrected chi connectivity index (χ4v) is 4.80. The molecule has 2 aliphatic rings. The quantitative estimate of drug-likeness (QED) is 0.655. The van der Waals surface area contributed by atoms with Crippen molar-refractivity contribution in [3.8, 4) is 5.75 Å². The topological polar surface area (TPSA) is 71.1 Å². The largest absolute Gasteiger partial charge is 0.496 e. The minimum Gasteiger partial charge on any atom is -0.496 e. The number of carbonyl (C=O) groups excluding carboxylic acids is 2. The summed E-state index contributed by atoms with van der Waals surface area (Å²) in [5.74, 6) is 1.25. The third-order valence-corrected chi connectivity index (χ3v) is 6.56. The molecule has 2 heterocycles. The van der Waals surface area contributed by atoms with Gasteiger partial charge in [-0.3, -0.25) is 9.69 Å². The lowest BCUT2D eigenvalue weighted by atomic mass is 9.93. The molecule has 1 unspecified atom stereocenters. The molecular formula is C26H41N3O4. The van der Waals surface area contributed by atoms with Crippen molar-refractivity contribution in [1.82, 2.24) is 15.1 Å². The van der Waals surface area contributed by atoms with Crippen molar-refractivity contribution in [3.63, 3.8) is 0 Å². The molecule has 184 valence electrons. The number of amides is 2. The van der Waals surface area contributed by atoms with Gasteiger partial charge in [0.25, 0.3) is 0 Å². The number of nitrogens with zero attached hydrogens (tertiary/aromatic N) is 2. The van der Waals surface area contributed by atoms with Gasteiger partial charge in [0, 0.05) is 31.6 Å². The lowest BCUT2D eigenvalue weighted by molar-refractivity contribution is -0.122. The number of benzene rings is 1. The molecule has 1 atom stereocenters. The van der Waals surface area contributed by atoms with E-state index in [1.54, 1.807) is 12.0 Å². The van der Waals surface area contributed by atoms with E-state index in [9.17, 15) is 9.59 Å². The molecule has 0 spiro atoms. The Kier molecular flexibility index (Phi) is 9.01. The minimum absolute atomic E-state index is 0.0858. The van der Waals surface area contributed by atoms with Crippen molar-refractivity contribution in [2.24, 2.45) is 5.92 Å². The van der Waals surface area contributed by atoms with E-state index in [4.69, 9.17) is 9.47 Å². The molecule has 0 aromatic heterocycles. The summed E-state index contributed by atoms with van der Waals surface area (Å²) in [6.07, 6.45) is 5.55. The van der Waals surface area contributed by atoms with E-state index < -0.39 is 5.60 Å². The average Bonchev–Trinajstić information content (AvgIpc) is 2.79. The fourth-order valence-electron chi connectivity index (χ4n) is 4.80. The molecule has 7 heteroatoms. The maximum absolute atomic E-state index is 12.8. The molecule has 2 aliphatic heterocycles. The lowest BCUT2D eigenvalue weighted by Gasteiger charge is -2.36. The number of rotatable bonds is 7. The smallest absolute Gasteiger partial charge is 0.410 e. The van der Waals surface area contributed by atoms with Crippen LogP contribution in [0.15, 0.2) is 24.3 Å². The van der Waals surface area contributed by atoms with Gasteiger partial charge in [0.1, 0.15) is 11.4 Å². The summed E-state index contributed by atoms with van der Waals surface area (Å²) in [6, 6.07) is 8.23. The van der Waals surface area contributed by atoms with Gasteiger partial charge >= 0.3 is 6.09 Å². The minimum atomic E-state index is -0.486. The highest BCUT2D eigenvalue weighted by atomic mass is 16.6. The predicted molar refractivity (Wildman–Crippen MR) is 129 cm³/mol. The Bertz CT molecular complexity index is 778. The predicted octanol–water partition coefficient (Wildman–Crippen LogP) is 4.38. The molecule has 2 fully saturated rings. The zero-order valence-corrected chi connectivity index (χ0v) is 20.8. The van der Waals surface area contributed by atoms with Crippen LogP contribution in [0.2, 0.25) is 0 Å². The molecule has 0 aliphatic carbocycles. The van der Waals surface area contributed by atoms with Crippen LogP contribution in [-0.4, -0.2) is 67.2 Å². The van der Waals surface area contributed by atoms with Gasteiger partial charge in [0.05, 0.1) is 13.2 Å². The van der Waals surface area contributed by atoms with Gasteiger partial charge in [-0.15, -0.1) is 0 Å². The summed E-state index contributed by atoms with van der Waals surface area (Å²) in [7, 11) is 1.70. The second-order valence-corrected chi connectivity index (χ2v) is 10.3. The van der Waals surface area contributed by atoms with Crippen LogP contribution in [0.3, 0.4) is 0 Å². The number of likely N-dealkylation sites (tertiary alicyclic amines) is 2. The van der Waals surface area contributed by atoms with Crippen molar-refractivity contribution < 1.29 is 19.1 Å². The summed E-state index contributed by atoms with van der Waals surface area (Å²) in [6.45, 7) is 9.59. The van der Waals surface area contributed by atoms with Gasteiger partial charge < -0.3 is 19.7 Å². The molecule has 7 nitrogen and oxygen atoms in total. The second kappa shape index (κ2) is 11.7. The van der Waals surface area contributed by atoms with E-state index in [0.717, 1.165) is 37.2 Å². The third-order valence-electron chi connectivity index (χ3n) is 6.56. The first-order chi connectivity index (χ1) is 15.8. The molecule has 0 bridgehead atoms. The van der Waals surface area contributed by atoms with Crippen molar-refractivity contribution in [1.29, 1.82) is 0 Å². The van der Waals surface area contributed by atoms with E-state index in [0.29, 0.717) is 32.0 Å². The van der Waals surface area contributed by atoms with Crippen LogP contribution in [0.4, 0.5) is 4.79 Å². The summed E-state index contributed by atoms with van der Waals surface area (Å²) in [4.78, 5) is 29.3. The summed E-state index contributed by atoms with van der Waals surface area (Å²) in [5.41, 5.74) is 0.646. The summed E-state index contributed by atoms with van der Waals surface area (Å²) >= 11 is 0. The van der Waals surface area contributed by atoms with Gasteiger partial charge in [-0.25, -0.2) is 4.79 Å². The molecular weight excluding hydrogens is 418 g/mol. The number of para-hydroxylation sites is 1. The number of methoxy groups -OCH3 is 1. The van der Waals surface area contributed by atoms with Gasteiger partial charge in [-0.2, -0.15) is 0 Å². The second-order valence-electron chi connectivity index (χ2n) is 10.3. The number of piperidine rings is 2. The number of hydrogen-bond donors (Lipinski definition) is 1. The highest BCUT2D eigenvalue weighted by molar-refractivity contribution is 5.76. The van der Waals surface area contributed by atoms with Gasteiger partial charge in [0.2, 0.25) is 5.91 Å². The van der Waals surface area contributed by atoms with E-state index in [-0.39, 0.29) is 18.0 Å². The molecule has 1 aromatic rings. The van der Waals surface area contributed by atoms with Crippen LogP contribution in [0.5, 0.6) is 5.75 Å². The first-order valence-electron chi connectivity index (χ1n) is 12.4. The van der Waals surface area contributed by atoms with Crippen LogP contribution in [0.1, 0.15) is 70.9 Å². The number of ether oxygens (including phenoxy) is 2. The number of hydrogen-bond acceptors (Lipinski definition) is 5. The van der Waals surface area contributed by atoms with Crippen LogP contribution >= 0.6 is 0 Å². The Morgan fingerprint density at radius 3 is 2.36 bits per heavy atom. The van der Waals surface area contributed by atoms with E-state index >= 15 is 0 Å². The first kappa shape index (κ1) is 25.3. The van der Waals surface area contributed by atoms with Gasteiger partial charge in [-0.1, -0.05) is 24.6 Å². The average molecular weight is 460 g/mol. The number of nitrogens with one attached hydrogen (secondary N) is 1. The molecule has 33 heavy (non-hydrogen) atoms. The molecule has 0 saturated carbocycles. The maximum Gasteiger partial charge on any atom is 0.410 e. The van der Waals surface area contributed by atoms with E-state index in [1.165, 1.54) is 19.3 Å². The number of carbonyl (C=O) groups is 2. The Morgan fingerprint density at radius 2 is 1.73 bits per heavy atom. The molecule has 1 aromatic carbocycles. The Hall–Kier alpha value is -2.28. The lowest BCUT2D eigenvalue weighted by Crippen LogP contribution is -2.43. The fraction of sp³-hybridized carbons (Fsp3) is 0.692. The van der Waals surface area contributed by atoms with Crippen LogP contribution in [-0.2, 0) is 9.53 Å². The van der Waals surface area contributed by atoms with Crippen molar-refractivity contribution in [2.75, 3.05) is 39.8 Å². The SMILES string of the molecule is COc1ccccc1C(CNC(=O)CC1CCN(C(=O)OC(C)(C)C)CC1)N1CCCCC1. The summed E-state index contributed by atoms with van der Waals surface area (Å²) in [5, 5.41) is 3.20. The van der Waals surface area contributed by atoms with Crippen LogP contribution in [0, 0.1) is 5.92 Å². The Morgan fingerprint density at radius 1 is 1.06 bits per heavy atom. The third kappa shape index (κ3) is 7.63. The van der Waals surface area contributed by atoms with Crippen molar-refractivity contribution >= 4 is 12.0 Å². The van der Waals surface area contributed by atoms with E-state index in [1.807, 2.05) is 39.0 Å². The van der Waals surface area contributed by atoms with E-state index in [2.05, 4.69) is 16.3 Å². The standard InChI is InChI=1S/C26H41N3O4/c1-26(2,3)33-25(31)29-16-12-20(13-17-29)18-24(30)27-19-22(28-14-8-5-9-15-28)21-10-6-7-11-23(21)32-4/h6-7,10-11,20,22H,5,8-9,12-19H2,1-4H3,(H,27,30). The van der Waals surface area contributed by atoms with Gasteiger partial charge in [-0.05, 0) is 71.5 Å². The van der Waals surface area contributed by atoms with Crippen molar-refractivity contribution in [3.05, 3.63) is 29.8 Å². The maximum atomic E-state index is 12.8.